The summed E-state index contributed by atoms with van der Waals surface area (Å²) in [4.78, 5) is 0. The number of nitrogens with one attached hydrogen (secondary N) is 2. The smallest absolute Gasteiger partial charge is 0.163 e. The van der Waals surface area contributed by atoms with E-state index in [1.54, 1.807) is 12.1 Å². The molecular formula is C6H6Br2N2O. The molecule has 0 aliphatic heterocycles. The highest BCUT2D eigenvalue weighted by Gasteiger charge is 2.03. The van der Waals surface area contributed by atoms with Crippen molar-refractivity contribution in [1.29, 1.82) is 0 Å². The van der Waals surface area contributed by atoms with Crippen molar-refractivity contribution in [2.45, 2.75) is 0 Å². The van der Waals surface area contributed by atoms with Gasteiger partial charge in [-0.05, 0) is 12.1 Å². The average Bonchev–Trinajstić information content (AvgIpc) is 2.05. The van der Waals surface area contributed by atoms with Gasteiger partial charge >= 0.3 is 0 Å². The van der Waals surface area contributed by atoms with E-state index in [4.69, 9.17) is 0 Å². The molecule has 0 aliphatic carbocycles. The Hall–Kier alpha value is -0.420. The van der Waals surface area contributed by atoms with Crippen LogP contribution in [0.15, 0.2) is 18.2 Å². The molecule has 0 fully saturated rings. The fourth-order valence-corrected chi connectivity index (χ4v) is 1.34. The van der Waals surface area contributed by atoms with Crippen LogP contribution in [0.25, 0.3) is 0 Å². The minimum absolute atomic E-state index is 0.168. The van der Waals surface area contributed by atoms with E-state index in [0.29, 0.717) is 11.4 Å². The van der Waals surface area contributed by atoms with Gasteiger partial charge in [0.25, 0.3) is 0 Å². The number of halogens is 2. The molecule has 0 saturated carbocycles. The van der Waals surface area contributed by atoms with Gasteiger partial charge in [-0.15, -0.1) is 0 Å². The van der Waals surface area contributed by atoms with Crippen molar-refractivity contribution >= 4 is 43.7 Å². The molecule has 11 heavy (non-hydrogen) atoms. The molecule has 0 aliphatic rings. The Morgan fingerprint density at radius 1 is 1.09 bits per heavy atom. The van der Waals surface area contributed by atoms with Crippen molar-refractivity contribution in [2.24, 2.45) is 0 Å². The van der Waals surface area contributed by atoms with Gasteiger partial charge in [-0.25, -0.2) is 0 Å². The van der Waals surface area contributed by atoms with E-state index >= 15 is 0 Å². The van der Waals surface area contributed by atoms with Crippen LogP contribution in [0.4, 0.5) is 11.4 Å². The molecule has 0 radical (unpaired) electrons. The molecule has 0 spiro atoms. The van der Waals surface area contributed by atoms with Crippen LogP contribution in [-0.2, 0) is 0 Å². The first-order chi connectivity index (χ1) is 5.29. The van der Waals surface area contributed by atoms with Crippen molar-refractivity contribution in [1.82, 2.24) is 0 Å². The molecule has 1 rings (SSSR count). The third-order valence-electron chi connectivity index (χ3n) is 1.24. The zero-order valence-electron chi connectivity index (χ0n) is 5.44. The largest absolute Gasteiger partial charge is 0.504 e. The fourth-order valence-electron chi connectivity index (χ4n) is 0.696. The Kier molecular flexibility index (Phi) is 3.02. The second-order valence-electron chi connectivity index (χ2n) is 1.89. The molecule has 0 amide bonds. The van der Waals surface area contributed by atoms with Gasteiger partial charge in [0.2, 0.25) is 0 Å². The Balaban J connectivity index is 3.10. The minimum atomic E-state index is 0.168. The van der Waals surface area contributed by atoms with Crippen LogP contribution in [0, 0.1) is 0 Å². The van der Waals surface area contributed by atoms with E-state index in [1.807, 2.05) is 6.07 Å². The van der Waals surface area contributed by atoms with Gasteiger partial charge in [0.15, 0.2) is 5.75 Å². The maximum absolute atomic E-state index is 9.40. The second kappa shape index (κ2) is 3.82. The maximum Gasteiger partial charge on any atom is 0.163 e. The molecule has 0 heterocycles. The van der Waals surface area contributed by atoms with Crippen LogP contribution in [-0.4, -0.2) is 5.11 Å². The van der Waals surface area contributed by atoms with Crippen molar-refractivity contribution in [3.05, 3.63) is 18.2 Å². The number of para-hydroxylation sites is 1. The van der Waals surface area contributed by atoms with Crippen LogP contribution in [0.2, 0.25) is 0 Å². The summed E-state index contributed by atoms with van der Waals surface area (Å²) in [5.41, 5.74) is 1.24. The summed E-state index contributed by atoms with van der Waals surface area (Å²) in [6.45, 7) is 0. The number of hydrogen-bond donors (Lipinski definition) is 3. The molecule has 0 aromatic heterocycles. The number of aromatic hydroxyl groups is 1. The standard InChI is InChI=1S/C6H6Br2N2O/c7-9-4-2-1-3-5(10-8)6(4)11/h1-3,9-11H. The fraction of sp³-hybridized carbons (Fsp3) is 0. The first-order valence-electron chi connectivity index (χ1n) is 2.85. The van der Waals surface area contributed by atoms with Gasteiger partial charge in [0, 0.05) is 32.3 Å². The first kappa shape index (κ1) is 8.67. The Labute approximate surface area is 81.5 Å². The number of phenols is 1. The third-order valence-corrected chi connectivity index (χ3v) is 2.09. The number of rotatable bonds is 2. The highest BCUT2D eigenvalue weighted by atomic mass is 79.9. The van der Waals surface area contributed by atoms with Crippen LogP contribution >= 0.6 is 32.3 Å². The van der Waals surface area contributed by atoms with Gasteiger partial charge in [0.1, 0.15) is 0 Å². The lowest BCUT2D eigenvalue weighted by molar-refractivity contribution is 0.481. The predicted octanol–water partition coefficient (Wildman–Crippen LogP) is 2.84. The molecule has 0 unspecified atom stereocenters. The quantitative estimate of drug-likeness (QED) is 0.577. The van der Waals surface area contributed by atoms with Crippen molar-refractivity contribution in [3.8, 4) is 5.75 Å². The Morgan fingerprint density at radius 3 is 1.91 bits per heavy atom. The van der Waals surface area contributed by atoms with Gasteiger partial charge in [-0.2, -0.15) is 0 Å². The summed E-state index contributed by atoms with van der Waals surface area (Å²) in [6, 6.07) is 5.31. The zero-order chi connectivity index (χ0) is 8.27. The van der Waals surface area contributed by atoms with Crippen LogP contribution in [0.5, 0.6) is 5.75 Å². The zero-order valence-corrected chi connectivity index (χ0v) is 8.61. The highest BCUT2D eigenvalue weighted by molar-refractivity contribution is 9.10. The summed E-state index contributed by atoms with van der Waals surface area (Å²) in [7, 11) is 0. The summed E-state index contributed by atoms with van der Waals surface area (Å²) in [5.74, 6) is 0.168. The van der Waals surface area contributed by atoms with E-state index in [1.165, 1.54) is 0 Å². The summed E-state index contributed by atoms with van der Waals surface area (Å²) >= 11 is 6.04. The molecule has 0 saturated heterocycles. The molecule has 0 bridgehead atoms. The SMILES string of the molecule is Oc1c(NBr)cccc1NBr. The number of anilines is 2. The van der Waals surface area contributed by atoms with Crippen molar-refractivity contribution in [2.75, 3.05) is 8.69 Å². The molecule has 0 atom stereocenters. The molecule has 1 aromatic carbocycles. The number of phenolic OH excluding ortho intramolecular Hbond substituents is 1. The van der Waals surface area contributed by atoms with E-state index in [2.05, 4.69) is 41.0 Å². The lowest BCUT2D eigenvalue weighted by atomic mass is 10.2. The van der Waals surface area contributed by atoms with Crippen molar-refractivity contribution in [3.63, 3.8) is 0 Å². The molecule has 3 N–H and O–H groups in total. The van der Waals surface area contributed by atoms with Crippen LogP contribution in [0.3, 0.4) is 0 Å². The summed E-state index contributed by atoms with van der Waals surface area (Å²) < 4.78 is 5.34. The highest BCUT2D eigenvalue weighted by Crippen LogP contribution is 2.32. The molecule has 5 heteroatoms. The monoisotopic (exact) mass is 280 g/mol. The van der Waals surface area contributed by atoms with E-state index in [-0.39, 0.29) is 5.75 Å². The molecule has 3 nitrogen and oxygen atoms in total. The summed E-state index contributed by atoms with van der Waals surface area (Å²) in [5, 5.41) is 9.40. The normalized spacial score (nSPS) is 9.27. The Bertz CT molecular complexity index is 232. The van der Waals surface area contributed by atoms with Gasteiger partial charge in [-0.3, -0.25) is 0 Å². The first-order valence-corrected chi connectivity index (χ1v) is 4.43. The Morgan fingerprint density at radius 2 is 1.55 bits per heavy atom. The topological polar surface area (TPSA) is 44.3 Å². The predicted molar refractivity (Wildman–Crippen MR) is 53.2 cm³/mol. The van der Waals surface area contributed by atoms with E-state index in [0.717, 1.165) is 0 Å². The van der Waals surface area contributed by atoms with Gasteiger partial charge < -0.3 is 13.8 Å². The van der Waals surface area contributed by atoms with Gasteiger partial charge in [-0.1, -0.05) is 6.07 Å². The average molecular weight is 282 g/mol. The van der Waals surface area contributed by atoms with Crippen LogP contribution in [0.1, 0.15) is 0 Å². The molecular weight excluding hydrogens is 276 g/mol. The minimum Gasteiger partial charge on any atom is -0.504 e. The van der Waals surface area contributed by atoms with Crippen molar-refractivity contribution < 1.29 is 5.11 Å². The number of hydrogen-bond acceptors (Lipinski definition) is 3. The maximum atomic E-state index is 9.40. The van der Waals surface area contributed by atoms with E-state index in [9.17, 15) is 5.11 Å². The number of benzene rings is 1. The lowest BCUT2D eigenvalue weighted by Gasteiger charge is -2.05. The molecule has 1 aromatic rings. The summed E-state index contributed by atoms with van der Waals surface area (Å²) in [6.07, 6.45) is 0. The molecule has 60 valence electrons. The second-order valence-corrected chi connectivity index (χ2v) is 2.68. The lowest BCUT2D eigenvalue weighted by Crippen LogP contribution is -1.84. The van der Waals surface area contributed by atoms with E-state index < -0.39 is 0 Å². The van der Waals surface area contributed by atoms with Crippen LogP contribution < -0.4 is 8.69 Å². The third kappa shape index (κ3) is 1.78. The van der Waals surface area contributed by atoms with Gasteiger partial charge in [0.05, 0.1) is 11.4 Å².